The van der Waals surface area contributed by atoms with E-state index >= 15 is 0 Å². The van der Waals surface area contributed by atoms with Gasteiger partial charge in [-0.05, 0) is 23.1 Å². The first-order valence-electron chi connectivity index (χ1n) is 6.32. The minimum atomic E-state index is 0.152. The van der Waals surface area contributed by atoms with Gasteiger partial charge in [-0.1, -0.05) is 32.9 Å². The molecule has 0 radical (unpaired) electrons. The van der Waals surface area contributed by atoms with Gasteiger partial charge in [0, 0.05) is 0 Å². The molecule has 0 spiro atoms. The molecule has 5 heteroatoms. The fourth-order valence-electron chi connectivity index (χ4n) is 1.69. The molecule has 0 unspecified atom stereocenters. The van der Waals surface area contributed by atoms with Gasteiger partial charge in [0.25, 0.3) is 0 Å². The normalized spacial score (nSPS) is 11.6. The van der Waals surface area contributed by atoms with E-state index in [0.717, 1.165) is 5.75 Å². The monoisotopic (exact) mass is 260 g/mol. The van der Waals surface area contributed by atoms with Crippen LogP contribution in [0.4, 0.5) is 0 Å². The lowest BCUT2D eigenvalue weighted by Crippen LogP contribution is -2.10. The third-order valence-electron chi connectivity index (χ3n) is 2.86. The summed E-state index contributed by atoms with van der Waals surface area (Å²) in [5.41, 5.74) is 6.88. The molecule has 0 amide bonds. The lowest BCUT2D eigenvalue weighted by molar-refractivity contribution is 0.296. The number of aromatic amines is 1. The zero-order chi connectivity index (χ0) is 13.9. The van der Waals surface area contributed by atoms with E-state index in [2.05, 4.69) is 48.1 Å². The minimum Gasteiger partial charge on any atom is -0.486 e. The number of nitrogens with one attached hydrogen (secondary N) is 1. The largest absolute Gasteiger partial charge is 0.486 e. The topological polar surface area (TPSA) is 76.8 Å². The molecule has 0 aliphatic rings. The Labute approximate surface area is 113 Å². The van der Waals surface area contributed by atoms with Gasteiger partial charge in [0.15, 0.2) is 11.6 Å². The lowest BCUT2D eigenvalue weighted by Gasteiger charge is -2.19. The highest BCUT2D eigenvalue weighted by Crippen LogP contribution is 2.24. The summed E-state index contributed by atoms with van der Waals surface area (Å²) < 4.78 is 5.64. The van der Waals surface area contributed by atoms with Crippen molar-refractivity contribution in [2.24, 2.45) is 5.73 Å². The smallest absolute Gasteiger partial charge is 0.164 e. The van der Waals surface area contributed by atoms with Crippen molar-refractivity contribution < 1.29 is 4.74 Å². The molecule has 0 saturated heterocycles. The Morgan fingerprint density at radius 1 is 1.21 bits per heavy atom. The average molecular weight is 260 g/mol. The summed E-state index contributed by atoms with van der Waals surface area (Å²) in [6.45, 7) is 7.25. The van der Waals surface area contributed by atoms with Crippen LogP contribution in [0.15, 0.2) is 24.3 Å². The number of nitrogens with zero attached hydrogens (tertiary/aromatic N) is 2. The molecule has 3 N–H and O–H groups in total. The quantitative estimate of drug-likeness (QED) is 0.883. The molecular formula is C14H20N4O. The number of H-pyrrole nitrogens is 1. The maximum atomic E-state index is 5.64. The SMILES string of the molecule is CC(C)(C)c1ccc(OCc2nc(CN)n[nH]2)cc1. The van der Waals surface area contributed by atoms with Crippen molar-refractivity contribution >= 4 is 0 Å². The second kappa shape index (κ2) is 5.40. The maximum Gasteiger partial charge on any atom is 0.164 e. The predicted molar refractivity (Wildman–Crippen MR) is 73.7 cm³/mol. The fraction of sp³-hybridized carbons (Fsp3) is 0.429. The Bertz CT molecular complexity index is 525. The number of hydrogen-bond acceptors (Lipinski definition) is 4. The van der Waals surface area contributed by atoms with Crippen LogP contribution in [0.25, 0.3) is 0 Å². The third kappa shape index (κ3) is 3.54. The summed E-state index contributed by atoms with van der Waals surface area (Å²) in [6, 6.07) is 8.11. The molecule has 0 saturated carbocycles. The zero-order valence-corrected chi connectivity index (χ0v) is 11.6. The molecule has 0 atom stereocenters. The van der Waals surface area contributed by atoms with Crippen molar-refractivity contribution in [1.82, 2.24) is 15.2 Å². The predicted octanol–water partition coefficient (Wildman–Crippen LogP) is 2.14. The highest BCUT2D eigenvalue weighted by molar-refractivity contribution is 5.31. The van der Waals surface area contributed by atoms with Gasteiger partial charge in [0.2, 0.25) is 0 Å². The second-order valence-electron chi connectivity index (χ2n) is 5.47. The van der Waals surface area contributed by atoms with E-state index < -0.39 is 0 Å². The van der Waals surface area contributed by atoms with Gasteiger partial charge in [-0.25, -0.2) is 4.98 Å². The highest BCUT2D eigenvalue weighted by Gasteiger charge is 2.13. The van der Waals surface area contributed by atoms with Crippen molar-refractivity contribution in [2.75, 3.05) is 0 Å². The van der Waals surface area contributed by atoms with E-state index in [1.807, 2.05) is 12.1 Å². The molecule has 0 bridgehead atoms. The summed E-state index contributed by atoms with van der Waals surface area (Å²) >= 11 is 0. The van der Waals surface area contributed by atoms with Crippen molar-refractivity contribution in [1.29, 1.82) is 0 Å². The molecule has 1 aromatic heterocycles. The Morgan fingerprint density at radius 2 is 1.89 bits per heavy atom. The number of aromatic nitrogens is 3. The van der Waals surface area contributed by atoms with E-state index in [1.165, 1.54) is 5.56 Å². The third-order valence-corrected chi connectivity index (χ3v) is 2.86. The minimum absolute atomic E-state index is 0.152. The van der Waals surface area contributed by atoms with E-state index in [1.54, 1.807) is 0 Å². The van der Waals surface area contributed by atoms with Crippen LogP contribution < -0.4 is 10.5 Å². The van der Waals surface area contributed by atoms with Crippen molar-refractivity contribution in [3.05, 3.63) is 41.5 Å². The van der Waals surface area contributed by atoms with Crippen LogP contribution in [-0.4, -0.2) is 15.2 Å². The van der Waals surface area contributed by atoms with Crippen LogP contribution in [0.5, 0.6) is 5.75 Å². The second-order valence-corrected chi connectivity index (χ2v) is 5.47. The van der Waals surface area contributed by atoms with Crippen LogP contribution in [0, 0.1) is 0 Å². The molecule has 0 aliphatic heterocycles. The summed E-state index contributed by atoms with van der Waals surface area (Å²) in [6.07, 6.45) is 0. The number of rotatable bonds is 4. The Balaban J connectivity index is 1.96. The van der Waals surface area contributed by atoms with Crippen LogP contribution in [0.1, 0.15) is 38.0 Å². The Morgan fingerprint density at radius 3 is 2.42 bits per heavy atom. The van der Waals surface area contributed by atoms with Gasteiger partial charge in [-0.15, -0.1) is 0 Å². The average Bonchev–Trinajstić information content (AvgIpc) is 2.84. The van der Waals surface area contributed by atoms with Gasteiger partial charge in [0.1, 0.15) is 12.4 Å². The number of ether oxygens (including phenoxy) is 1. The molecule has 1 heterocycles. The van der Waals surface area contributed by atoms with E-state index in [-0.39, 0.29) is 5.41 Å². The molecular weight excluding hydrogens is 240 g/mol. The maximum absolute atomic E-state index is 5.64. The van der Waals surface area contributed by atoms with Gasteiger partial charge in [-0.2, -0.15) is 5.10 Å². The first kappa shape index (κ1) is 13.5. The van der Waals surface area contributed by atoms with E-state index in [0.29, 0.717) is 24.8 Å². The van der Waals surface area contributed by atoms with Crippen LogP contribution in [-0.2, 0) is 18.6 Å². The molecule has 2 rings (SSSR count). The molecule has 2 aromatic rings. The highest BCUT2D eigenvalue weighted by atomic mass is 16.5. The molecule has 0 aliphatic carbocycles. The van der Waals surface area contributed by atoms with Gasteiger partial charge < -0.3 is 10.5 Å². The lowest BCUT2D eigenvalue weighted by atomic mass is 9.87. The first-order valence-corrected chi connectivity index (χ1v) is 6.32. The van der Waals surface area contributed by atoms with Crippen LogP contribution >= 0.6 is 0 Å². The van der Waals surface area contributed by atoms with Gasteiger partial charge >= 0.3 is 0 Å². The van der Waals surface area contributed by atoms with Crippen LogP contribution in [0.3, 0.4) is 0 Å². The molecule has 0 fully saturated rings. The fourth-order valence-corrected chi connectivity index (χ4v) is 1.69. The van der Waals surface area contributed by atoms with E-state index in [9.17, 15) is 0 Å². The molecule has 19 heavy (non-hydrogen) atoms. The molecule has 1 aromatic carbocycles. The van der Waals surface area contributed by atoms with Gasteiger partial charge in [-0.3, -0.25) is 5.10 Å². The zero-order valence-electron chi connectivity index (χ0n) is 11.6. The Kier molecular flexibility index (Phi) is 3.85. The summed E-state index contributed by atoms with van der Waals surface area (Å²) in [7, 11) is 0. The summed E-state index contributed by atoms with van der Waals surface area (Å²) in [4.78, 5) is 4.18. The van der Waals surface area contributed by atoms with E-state index in [4.69, 9.17) is 10.5 Å². The number of nitrogens with two attached hydrogens (primary N) is 1. The number of benzene rings is 1. The Hall–Kier alpha value is -1.88. The summed E-state index contributed by atoms with van der Waals surface area (Å²) in [5.74, 6) is 2.10. The first-order chi connectivity index (χ1) is 8.99. The van der Waals surface area contributed by atoms with Crippen molar-refractivity contribution in [2.45, 2.75) is 39.3 Å². The number of hydrogen-bond donors (Lipinski definition) is 2. The summed E-state index contributed by atoms with van der Waals surface area (Å²) in [5, 5.41) is 6.75. The van der Waals surface area contributed by atoms with Gasteiger partial charge in [0.05, 0.1) is 6.54 Å². The van der Waals surface area contributed by atoms with Crippen molar-refractivity contribution in [3.8, 4) is 5.75 Å². The molecule has 102 valence electrons. The van der Waals surface area contributed by atoms with Crippen LogP contribution in [0.2, 0.25) is 0 Å². The molecule has 5 nitrogen and oxygen atoms in total. The van der Waals surface area contributed by atoms with Crippen molar-refractivity contribution in [3.63, 3.8) is 0 Å². The standard InChI is InChI=1S/C14H20N4O/c1-14(2,3)10-4-6-11(7-5-10)19-9-13-16-12(8-15)17-18-13/h4-7H,8-9,15H2,1-3H3,(H,16,17,18).